The average molecular weight is 198 g/mol. The number of fused-ring (bicyclic) bond motifs is 1. The van der Waals surface area contributed by atoms with Gasteiger partial charge in [-0.2, -0.15) is 8.42 Å². The Morgan fingerprint density at radius 1 is 1.38 bits per heavy atom. The molecule has 2 rings (SSSR count). The minimum Gasteiger partial charge on any atom is -0.282 e. The number of allylic oxidation sites excluding steroid dienone is 2. The van der Waals surface area contributed by atoms with Crippen molar-refractivity contribution >= 4 is 21.5 Å². The molecule has 0 bridgehead atoms. The molecule has 0 radical (unpaired) electrons. The molecule has 0 aromatic rings. The lowest BCUT2D eigenvalue weighted by atomic mass is 10.1. The van der Waals surface area contributed by atoms with E-state index in [1.54, 1.807) is 12.3 Å². The van der Waals surface area contributed by atoms with E-state index in [0.29, 0.717) is 11.4 Å². The van der Waals surface area contributed by atoms with Crippen LogP contribution in [0.1, 0.15) is 6.42 Å². The Labute approximate surface area is 75.0 Å². The second-order valence-corrected chi connectivity index (χ2v) is 4.13. The Hall–Kier alpha value is -1.27. The molecule has 0 aromatic carbocycles. The van der Waals surface area contributed by atoms with E-state index in [9.17, 15) is 8.42 Å². The van der Waals surface area contributed by atoms with E-state index in [-0.39, 0.29) is 11.3 Å². The van der Waals surface area contributed by atoms with Crippen molar-refractivity contribution in [3.63, 3.8) is 0 Å². The van der Waals surface area contributed by atoms with E-state index in [1.807, 2.05) is 0 Å². The second-order valence-electron chi connectivity index (χ2n) is 2.65. The van der Waals surface area contributed by atoms with Gasteiger partial charge in [-0.05, 0) is 6.08 Å². The zero-order chi connectivity index (χ0) is 9.47. The number of nitrogens with zero attached hydrogens (tertiary/aromatic N) is 2. The highest BCUT2D eigenvalue weighted by Crippen LogP contribution is 2.18. The highest BCUT2D eigenvalue weighted by molar-refractivity contribution is 7.89. The Morgan fingerprint density at radius 3 is 2.85 bits per heavy atom. The van der Waals surface area contributed by atoms with Gasteiger partial charge in [-0.15, -0.1) is 0 Å². The van der Waals surface area contributed by atoms with Gasteiger partial charge < -0.3 is 0 Å². The Morgan fingerprint density at radius 2 is 2.15 bits per heavy atom. The normalized spacial score (nSPS) is 20.5. The molecule has 0 aromatic heterocycles. The van der Waals surface area contributed by atoms with Crippen molar-refractivity contribution in [2.75, 3.05) is 0 Å². The SMILES string of the molecule is O=S(=O)(O)C1=CN=C2C=CN=C2C1. The molecule has 2 aliphatic rings. The third-order valence-corrected chi connectivity index (χ3v) is 2.69. The van der Waals surface area contributed by atoms with Gasteiger partial charge in [0.15, 0.2) is 0 Å². The third-order valence-electron chi connectivity index (χ3n) is 1.78. The van der Waals surface area contributed by atoms with Crippen LogP contribution in [0.5, 0.6) is 0 Å². The van der Waals surface area contributed by atoms with Gasteiger partial charge in [-0.1, -0.05) is 0 Å². The second kappa shape index (κ2) is 2.61. The van der Waals surface area contributed by atoms with Gasteiger partial charge in [-0.3, -0.25) is 14.5 Å². The van der Waals surface area contributed by atoms with E-state index in [1.165, 1.54) is 0 Å². The summed E-state index contributed by atoms with van der Waals surface area (Å²) in [7, 11) is -4.12. The predicted octanol–water partition coefficient (Wildman–Crippen LogP) is 0.529. The Balaban J connectivity index is 2.42. The van der Waals surface area contributed by atoms with Crippen LogP contribution in [-0.2, 0) is 10.1 Å². The van der Waals surface area contributed by atoms with Crippen LogP contribution >= 0.6 is 0 Å². The zero-order valence-electron chi connectivity index (χ0n) is 6.51. The summed E-state index contributed by atoms with van der Waals surface area (Å²) in [6.07, 6.45) is 4.51. The minimum atomic E-state index is -4.12. The van der Waals surface area contributed by atoms with Crippen molar-refractivity contribution < 1.29 is 13.0 Å². The molecule has 6 heteroatoms. The van der Waals surface area contributed by atoms with Crippen LogP contribution < -0.4 is 0 Å². The average Bonchev–Trinajstić information content (AvgIpc) is 2.47. The van der Waals surface area contributed by atoms with Crippen LogP contribution in [0.15, 0.2) is 33.4 Å². The van der Waals surface area contributed by atoms with Crippen LogP contribution in [0.2, 0.25) is 0 Å². The van der Waals surface area contributed by atoms with E-state index in [4.69, 9.17) is 4.55 Å². The van der Waals surface area contributed by atoms with E-state index in [2.05, 4.69) is 9.98 Å². The fourth-order valence-corrected chi connectivity index (χ4v) is 1.63. The predicted molar refractivity (Wildman–Crippen MR) is 48.3 cm³/mol. The molecular formula is C7H6N2O3S. The molecule has 0 atom stereocenters. The van der Waals surface area contributed by atoms with Crippen LogP contribution in [-0.4, -0.2) is 24.4 Å². The summed E-state index contributed by atoms with van der Waals surface area (Å²) >= 11 is 0. The first-order valence-corrected chi connectivity index (χ1v) is 4.99. The van der Waals surface area contributed by atoms with Crippen LogP contribution in [0.4, 0.5) is 0 Å². The van der Waals surface area contributed by atoms with Crippen molar-refractivity contribution in [1.82, 2.24) is 0 Å². The lowest BCUT2D eigenvalue weighted by Gasteiger charge is -2.08. The van der Waals surface area contributed by atoms with Gasteiger partial charge in [-0.25, -0.2) is 0 Å². The molecule has 2 aliphatic heterocycles. The summed E-state index contributed by atoms with van der Waals surface area (Å²) < 4.78 is 30.2. The molecule has 0 amide bonds. The Kier molecular flexibility index (Phi) is 1.67. The summed E-state index contributed by atoms with van der Waals surface area (Å²) in [5.74, 6) is 0. The summed E-state index contributed by atoms with van der Waals surface area (Å²) in [6.45, 7) is 0. The van der Waals surface area contributed by atoms with Gasteiger partial charge in [0, 0.05) is 18.8 Å². The summed E-state index contributed by atoms with van der Waals surface area (Å²) in [4.78, 5) is 7.64. The van der Waals surface area contributed by atoms with Crippen molar-refractivity contribution in [2.24, 2.45) is 9.98 Å². The number of hydrogen-bond acceptors (Lipinski definition) is 4. The van der Waals surface area contributed by atoms with Crippen LogP contribution in [0.3, 0.4) is 0 Å². The zero-order valence-corrected chi connectivity index (χ0v) is 7.32. The Bertz CT molecular complexity index is 468. The highest BCUT2D eigenvalue weighted by Gasteiger charge is 2.23. The summed E-state index contributed by atoms with van der Waals surface area (Å²) in [5.41, 5.74) is 1.24. The van der Waals surface area contributed by atoms with Gasteiger partial charge in [0.1, 0.15) is 0 Å². The first-order valence-electron chi connectivity index (χ1n) is 3.55. The highest BCUT2D eigenvalue weighted by atomic mass is 32.2. The fourth-order valence-electron chi connectivity index (χ4n) is 1.12. The molecular weight excluding hydrogens is 192 g/mol. The van der Waals surface area contributed by atoms with Crippen LogP contribution in [0.25, 0.3) is 0 Å². The van der Waals surface area contributed by atoms with Crippen LogP contribution in [0, 0.1) is 0 Å². The molecule has 68 valence electrons. The molecule has 0 saturated carbocycles. The molecule has 0 unspecified atom stereocenters. The molecule has 0 fully saturated rings. The monoisotopic (exact) mass is 198 g/mol. The van der Waals surface area contributed by atoms with Gasteiger partial charge in [0.25, 0.3) is 10.1 Å². The largest absolute Gasteiger partial charge is 0.292 e. The quantitative estimate of drug-likeness (QED) is 0.624. The standard InChI is InChI=1S/C7H6N2O3S/c10-13(11,12)5-3-7-6(9-4-5)1-2-8-7/h1-2,4H,3H2,(H,10,11,12). The maximum atomic E-state index is 10.7. The summed E-state index contributed by atoms with van der Waals surface area (Å²) in [6, 6.07) is 0. The van der Waals surface area contributed by atoms with Gasteiger partial charge in [0.05, 0.1) is 16.3 Å². The molecule has 0 spiro atoms. The topological polar surface area (TPSA) is 79.1 Å². The fraction of sp³-hybridized carbons (Fsp3) is 0.143. The number of rotatable bonds is 1. The summed E-state index contributed by atoms with van der Waals surface area (Å²) in [5, 5.41) is 0. The molecule has 2 heterocycles. The van der Waals surface area contributed by atoms with Crippen molar-refractivity contribution in [3.05, 3.63) is 23.4 Å². The van der Waals surface area contributed by atoms with Crippen molar-refractivity contribution in [3.8, 4) is 0 Å². The van der Waals surface area contributed by atoms with E-state index >= 15 is 0 Å². The maximum absolute atomic E-state index is 10.7. The lowest BCUT2D eigenvalue weighted by Crippen LogP contribution is -2.16. The molecule has 0 aliphatic carbocycles. The molecule has 13 heavy (non-hydrogen) atoms. The van der Waals surface area contributed by atoms with E-state index < -0.39 is 10.1 Å². The number of aliphatic imine (C=N–C) groups is 2. The van der Waals surface area contributed by atoms with Crippen molar-refractivity contribution in [1.29, 1.82) is 0 Å². The van der Waals surface area contributed by atoms with Crippen molar-refractivity contribution in [2.45, 2.75) is 6.42 Å². The minimum absolute atomic E-state index is 0.112. The number of hydrogen-bond donors (Lipinski definition) is 1. The van der Waals surface area contributed by atoms with Gasteiger partial charge in [0.2, 0.25) is 0 Å². The van der Waals surface area contributed by atoms with Gasteiger partial charge >= 0.3 is 0 Å². The molecule has 1 N–H and O–H groups in total. The first-order chi connectivity index (χ1) is 6.07. The maximum Gasteiger partial charge on any atom is 0.292 e. The first kappa shape index (κ1) is 8.33. The molecule has 0 saturated heterocycles. The smallest absolute Gasteiger partial charge is 0.282 e. The molecule has 5 nitrogen and oxygen atoms in total. The lowest BCUT2D eigenvalue weighted by molar-refractivity contribution is 0.490. The third kappa shape index (κ3) is 1.45. The van der Waals surface area contributed by atoms with E-state index in [0.717, 1.165) is 6.20 Å².